The minimum atomic E-state index is -1.25. The first-order chi connectivity index (χ1) is 16.6. The number of carbonyl (C=O) groups excluding carboxylic acids is 4. The summed E-state index contributed by atoms with van der Waals surface area (Å²) in [4.78, 5) is 48.4. The molecule has 3 rings (SSSR count). The third-order valence-electron chi connectivity index (χ3n) is 5.99. The Morgan fingerprint density at radius 3 is 2.11 bits per heavy atom. The SMILES string of the molecule is CCC(C)(C)OC(=O)[C@H](CC(N)=O)NC(=O)CNC(=O)OCC1c2ccccc2-c2ccccc21. The van der Waals surface area contributed by atoms with Crippen LogP contribution in [0.25, 0.3) is 11.1 Å². The van der Waals surface area contributed by atoms with Crippen LogP contribution in [0.15, 0.2) is 48.5 Å². The van der Waals surface area contributed by atoms with Gasteiger partial charge < -0.3 is 25.8 Å². The number of alkyl carbamates (subject to hydrolysis) is 1. The Hall–Kier alpha value is -3.88. The van der Waals surface area contributed by atoms with Crippen molar-refractivity contribution in [3.05, 3.63) is 59.7 Å². The number of primary amides is 1. The summed E-state index contributed by atoms with van der Waals surface area (Å²) in [7, 11) is 0. The van der Waals surface area contributed by atoms with Crippen molar-refractivity contribution in [2.24, 2.45) is 5.73 Å². The first-order valence-corrected chi connectivity index (χ1v) is 11.5. The van der Waals surface area contributed by atoms with Crippen LogP contribution >= 0.6 is 0 Å². The monoisotopic (exact) mass is 481 g/mol. The van der Waals surface area contributed by atoms with Gasteiger partial charge in [0.25, 0.3) is 0 Å². The largest absolute Gasteiger partial charge is 0.458 e. The number of nitrogens with one attached hydrogen (secondary N) is 2. The zero-order valence-corrected chi connectivity index (χ0v) is 20.1. The number of amides is 3. The fraction of sp³-hybridized carbons (Fsp3) is 0.385. The number of fused-ring (bicyclic) bond motifs is 3. The maximum atomic E-state index is 12.4. The topological polar surface area (TPSA) is 137 Å². The third-order valence-corrected chi connectivity index (χ3v) is 5.99. The summed E-state index contributed by atoms with van der Waals surface area (Å²) >= 11 is 0. The number of carbonyl (C=O) groups is 4. The summed E-state index contributed by atoms with van der Waals surface area (Å²) in [5.74, 6) is -2.34. The van der Waals surface area contributed by atoms with Crippen molar-refractivity contribution >= 4 is 23.9 Å². The Morgan fingerprint density at radius 2 is 1.57 bits per heavy atom. The molecule has 9 heteroatoms. The van der Waals surface area contributed by atoms with E-state index in [2.05, 4.69) is 10.6 Å². The second kappa shape index (κ2) is 11.0. The molecule has 0 radical (unpaired) electrons. The van der Waals surface area contributed by atoms with Crippen LogP contribution in [-0.2, 0) is 23.9 Å². The Balaban J connectivity index is 1.53. The Labute approximate surface area is 204 Å². The van der Waals surface area contributed by atoms with Crippen molar-refractivity contribution in [2.45, 2.75) is 51.2 Å². The molecule has 0 aromatic heterocycles. The normalized spacial score (nSPS) is 13.2. The number of hydrogen-bond acceptors (Lipinski definition) is 6. The summed E-state index contributed by atoms with van der Waals surface area (Å²) in [6.45, 7) is 4.92. The summed E-state index contributed by atoms with van der Waals surface area (Å²) in [6.07, 6.45) is -0.655. The van der Waals surface area contributed by atoms with Crippen molar-refractivity contribution in [3.63, 3.8) is 0 Å². The number of benzene rings is 2. The van der Waals surface area contributed by atoms with Gasteiger partial charge in [-0.25, -0.2) is 9.59 Å². The van der Waals surface area contributed by atoms with E-state index in [1.807, 2.05) is 55.5 Å². The average molecular weight is 482 g/mol. The molecule has 0 fully saturated rings. The molecule has 3 amide bonds. The fourth-order valence-electron chi connectivity index (χ4n) is 3.86. The maximum Gasteiger partial charge on any atom is 0.407 e. The van der Waals surface area contributed by atoms with Crippen LogP contribution in [0.3, 0.4) is 0 Å². The highest BCUT2D eigenvalue weighted by molar-refractivity contribution is 5.90. The van der Waals surface area contributed by atoms with Crippen LogP contribution in [0, 0.1) is 0 Å². The summed E-state index contributed by atoms with van der Waals surface area (Å²) in [6, 6.07) is 14.6. The predicted octanol–water partition coefficient (Wildman–Crippen LogP) is 2.62. The van der Waals surface area contributed by atoms with Crippen molar-refractivity contribution in [1.29, 1.82) is 0 Å². The van der Waals surface area contributed by atoms with Crippen molar-refractivity contribution in [2.75, 3.05) is 13.2 Å². The van der Waals surface area contributed by atoms with E-state index in [4.69, 9.17) is 15.2 Å². The van der Waals surface area contributed by atoms with E-state index in [0.717, 1.165) is 22.3 Å². The zero-order valence-electron chi connectivity index (χ0n) is 20.1. The Kier molecular flexibility index (Phi) is 8.11. The molecule has 4 N–H and O–H groups in total. The van der Waals surface area contributed by atoms with Gasteiger partial charge in [-0.15, -0.1) is 0 Å². The van der Waals surface area contributed by atoms with Crippen LogP contribution in [0.1, 0.15) is 50.7 Å². The highest BCUT2D eigenvalue weighted by Crippen LogP contribution is 2.44. The number of esters is 1. The molecular formula is C26H31N3O6. The van der Waals surface area contributed by atoms with E-state index in [1.54, 1.807) is 13.8 Å². The maximum absolute atomic E-state index is 12.4. The standard InChI is InChI=1S/C26H31N3O6/c1-4-26(2,3)35-24(32)21(13-22(27)30)29-23(31)14-28-25(33)34-15-20-18-11-7-5-9-16(18)17-10-6-8-12-19(17)20/h5-12,20-21H,4,13-15H2,1-3H3,(H2,27,30)(H,28,33)(H,29,31)/t21-/m0/s1. The number of hydrogen-bond donors (Lipinski definition) is 3. The van der Waals surface area contributed by atoms with Gasteiger partial charge >= 0.3 is 12.1 Å². The lowest BCUT2D eigenvalue weighted by atomic mass is 9.98. The smallest absolute Gasteiger partial charge is 0.407 e. The predicted molar refractivity (Wildman–Crippen MR) is 129 cm³/mol. The molecule has 0 saturated heterocycles. The number of nitrogens with two attached hydrogens (primary N) is 1. The molecule has 35 heavy (non-hydrogen) atoms. The molecule has 0 aliphatic heterocycles. The zero-order chi connectivity index (χ0) is 25.6. The van der Waals surface area contributed by atoms with E-state index < -0.39 is 48.5 Å². The molecule has 0 saturated carbocycles. The minimum Gasteiger partial charge on any atom is -0.458 e. The molecule has 1 aliphatic rings. The average Bonchev–Trinajstić information content (AvgIpc) is 3.14. The lowest BCUT2D eigenvalue weighted by Gasteiger charge is -2.26. The van der Waals surface area contributed by atoms with Crippen molar-refractivity contribution in [1.82, 2.24) is 10.6 Å². The quantitative estimate of drug-likeness (QED) is 0.446. The molecule has 9 nitrogen and oxygen atoms in total. The summed E-state index contributed by atoms with van der Waals surface area (Å²) < 4.78 is 10.7. The van der Waals surface area contributed by atoms with Gasteiger partial charge in [-0.3, -0.25) is 9.59 Å². The summed E-state index contributed by atoms with van der Waals surface area (Å²) in [5, 5.41) is 4.76. The van der Waals surface area contributed by atoms with Crippen LogP contribution in [0.4, 0.5) is 4.79 Å². The fourth-order valence-corrected chi connectivity index (χ4v) is 3.86. The van der Waals surface area contributed by atoms with Gasteiger partial charge in [0.05, 0.1) is 6.42 Å². The molecule has 186 valence electrons. The van der Waals surface area contributed by atoms with Crippen molar-refractivity contribution < 1.29 is 28.7 Å². The molecule has 1 aliphatic carbocycles. The van der Waals surface area contributed by atoms with Gasteiger partial charge in [-0.05, 0) is 42.5 Å². The van der Waals surface area contributed by atoms with E-state index in [9.17, 15) is 19.2 Å². The third kappa shape index (κ3) is 6.59. The number of rotatable bonds is 10. The van der Waals surface area contributed by atoms with Gasteiger partial charge in [0, 0.05) is 5.92 Å². The number of ether oxygens (including phenoxy) is 2. The second-order valence-electron chi connectivity index (χ2n) is 9.00. The second-order valence-corrected chi connectivity index (χ2v) is 9.00. The highest BCUT2D eigenvalue weighted by atomic mass is 16.6. The highest BCUT2D eigenvalue weighted by Gasteiger charge is 2.31. The van der Waals surface area contributed by atoms with E-state index in [0.29, 0.717) is 6.42 Å². The minimum absolute atomic E-state index is 0.101. The first-order valence-electron chi connectivity index (χ1n) is 11.5. The van der Waals surface area contributed by atoms with Gasteiger partial charge in [0.1, 0.15) is 24.8 Å². The lowest BCUT2D eigenvalue weighted by Crippen LogP contribution is -2.49. The van der Waals surface area contributed by atoms with Gasteiger partial charge in [-0.2, -0.15) is 0 Å². The molecule has 2 aromatic carbocycles. The van der Waals surface area contributed by atoms with Gasteiger partial charge in [0.2, 0.25) is 11.8 Å². The Bertz CT molecular complexity index is 1070. The Morgan fingerprint density at radius 1 is 1.00 bits per heavy atom. The summed E-state index contributed by atoms with van der Waals surface area (Å²) in [5.41, 5.74) is 8.79. The first kappa shape index (κ1) is 25.7. The van der Waals surface area contributed by atoms with Crippen LogP contribution < -0.4 is 16.4 Å². The molecule has 0 heterocycles. The van der Waals surface area contributed by atoms with E-state index >= 15 is 0 Å². The van der Waals surface area contributed by atoms with Gasteiger partial charge in [0.15, 0.2) is 0 Å². The molecule has 1 atom stereocenters. The lowest BCUT2D eigenvalue weighted by molar-refractivity contribution is -0.161. The molecular weight excluding hydrogens is 450 g/mol. The molecule has 0 bridgehead atoms. The van der Waals surface area contributed by atoms with E-state index in [1.165, 1.54) is 0 Å². The van der Waals surface area contributed by atoms with Gasteiger partial charge in [-0.1, -0.05) is 55.5 Å². The molecule has 0 spiro atoms. The molecule has 0 unspecified atom stereocenters. The molecule has 2 aromatic rings. The van der Waals surface area contributed by atoms with E-state index in [-0.39, 0.29) is 12.5 Å². The van der Waals surface area contributed by atoms with Crippen LogP contribution in [0.5, 0.6) is 0 Å². The van der Waals surface area contributed by atoms with Crippen molar-refractivity contribution in [3.8, 4) is 11.1 Å². The van der Waals surface area contributed by atoms with Crippen LogP contribution in [0.2, 0.25) is 0 Å². The van der Waals surface area contributed by atoms with Crippen LogP contribution in [-0.4, -0.2) is 48.7 Å².